The van der Waals surface area contributed by atoms with Crippen molar-refractivity contribution in [2.75, 3.05) is 6.54 Å². The molecule has 4 N–H and O–H groups in total. The summed E-state index contributed by atoms with van der Waals surface area (Å²) in [5.74, 6) is -2.59. The molecule has 0 bridgehead atoms. The van der Waals surface area contributed by atoms with Crippen molar-refractivity contribution in [2.45, 2.75) is 126 Å². The van der Waals surface area contributed by atoms with Crippen molar-refractivity contribution in [1.82, 2.24) is 20.3 Å². The number of carbonyl (C=O) groups is 4. The lowest BCUT2D eigenvalue weighted by atomic mass is 10.0. The smallest absolute Gasteiger partial charge is 0.408 e. The monoisotopic (exact) mass is 612 g/mol. The summed E-state index contributed by atoms with van der Waals surface area (Å²) in [7, 11) is -3.86. The Bertz CT molecular complexity index is 1210. The second-order valence-corrected chi connectivity index (χ2v) is 14.8. The van der Waals surface area contributed by atoms with Crippen LogP contribution in [0.4, 0.5) is 4.79 Å². The van der Waals surface area contributed by atoms with E-state index in [0.29, 0.717) is 32.1 Å². The van der Waals surface area contributed by atoms with E-state index >= 15 is 0 Å². The Balaban J connectivity index is 1.65. The molecular formula is C28H44N4O9S. The van der Waals surface area contributed by atoms with E-state index in [-0.39, 0.29) is 25.5 Å². The largest absolute Gasteiger partial charge is 0.444 e. The minimum Gasteiger partial charge on any atom is -0.444 e. The van der Waals surface area contributed by atoms with Gasteiger partial charge in [-0.05, 0) is 66.2 Å². The molecule has 2 aliphatic carbocycles. The third-order valence-electron chi connectivity index (χ3n) is 8.06. The molecule has 0 aromatic rings. The van der Waals surface area contributed by atoms with Crippen LogP contribution in [0.2, 0.25) is 0 Å². The number of sulfonamides is 1. The maximum atomic E-state index is 14.0. The zero-order valence-electron chi connectivity index (χ0n) is 24.9. The predicted molar refractivity (Wildman–Crippen MR) is 151 cm³/mol. The number of nitrogens with one attached hydrogen (secondary N) is 3. The highest BCUT2D eigenvalue weighted by molar-refractivity contribution is 7.91. The number of nitrogens with zero attached hydrogens (tertiary/aromatic N) is 1. The molecule has 13 nitrogen and oxygen atoms in total. The lowest BCUT2D eigenvalue weighted by molar-refractivity contribution is -0.145. The van der Waals surface area contributed by atoms with Crippen LogP contribution in [0.25, 0.3) is 0 Å². The Labute approximate surface area is 247 Å². The molecule has 1 saturated heterocycles. The van der Waals surface area contributed by atoms with Crippen LogP contribution in [0.3, 0.4) is 0 Å². The molecule has 0 aromatic heterocycles. The number of hydrogen-bond acceptors (Lipinski definition) is 9. The van der Waals surface area contributed by atoms with Gasteiger partial charge < -0.3 is 30.1 Å². The molecule has 2 aliphatic heterocycles. The summed E-state index contributed by atoms with van der Waals surface area (Å²) in [5, 5.41) is 15.3. The highest BCUT2D eigenvalue weighted by Gasteiger charge is 2.62. The van der Waals surface area contributed by atoms with E-state index in [1.807, 2.05) is 19.9 Å². The average Bonchev–Trinajstić information content (AvgIpc) is 3.80. The van der Waals surface area contributed by atoms with Gasteiger partial charge in [0.15, 0.2) is 0 Å². The fraction of sp³-hybridized carbons (Fsp3) is 0.786. The fourth-order valence-electron chi connectivity index (χ4n) is 5.57. The topological polar surface area (TPSA) is 180 Å². The molecular weight excluding hydrogens is 568 g/mol. The van der Waals surface area contributed by atoms with Crippen molar-refractivity contribution in [2.24, 2.45) is 5.92 Å². The van der Waals surface area contributed by atoms with Crippen molar-refractivity contribution < 1.29 is 42.2 Å². The Morgan fingerprint density at radius 1 is 1.24 bits per heavy atom. The zero-order valence-corrected chi connectivity index (χ0v) is 25.7. The van der Waals surface area contributed by atoms with Gasteiger partial charge in [0.05, 0.1) is 23.6 Å². The van der Waals surface area contributed by atoms with Gasteiger partial charge in [-0.15, -0.1) is 0 Å². The number of rotatable bonds is 5. The summed E-state index contributed by atoms with van der Waals surface area (Å²) >= 11 is 0. The number of fused-ring (bicyclic) bond motifs is 2. The van der Waals surface area contributed by atoms with Crippen LogP contribution < -0.4 is 15.4 Å². The molecule has 7 atom stereocenters. The minimum atomic E-state index is -3.86. The van der Waals surface area contributed by atoms with E-state index in [0.717, 1.165) is 0 Å². The minimum absolute atomic E-state index is 0.0939. The lowest BCUT2D eigenvalue weighted by Crippen LogP contribution is -2.60. The van der Waals surface area contributed by atoms with E-state index in [2.05, 4.69) is 15.4 Å². The van der Waals surface area contributed by atoms with E-state index in [9.17, 15) is 32.7 Å². The molecule has 236 valence electrons. The molecule has 4 rings (SSSR count). The maximum absolute atomic E-state index is 14.0. The van der Waals surface area contributed by atoms with E-state index in [4.69, 9.17) is 9.47 Å². The first-order valence-electron chi connectivity index (χ1n) is 14.7. The van der Waals surface area contributed by atoms with Crippen LogP contribution in [-0.4, -0.2) is 95.6 Å². The summed E-state index contributed by atoms with van der Waals surface area (Å²) in [5.41, 5.74) is -2.33. The number of ether oxygens (including phenoxy) is 2. The average molecular weight is 613 g/mol. The third-order valence-corrected chi connectivity index (χ3v) is 9.88. The first kappa shape index (κ1) is 32.2. The van der Waals surface area contributed by atoms with Crippen molar-refractivity contribution >= 4 is 33.8 Å². The Morgan fingerprint density at radius 2 is 1.93 bits per heavy atom. The van der Waals surface area contributed by atoms with Crippen molar-refractivity contribution in [3.8, 4) is 0 Å². The van der Waals surface area contributed by atoms with E-state index in [1.165, 1.54) is 4.90 Å². The molecule has 7 unspecified atom stereocenters. The number of alkyl carbamates (subject to hydrolysis) is 1. The first-order valence-corrected chi connectivity index (χ1v) is 16.3. The van der Waals surface area contributed by atoms with Crippen LogP contribution in [0.1, 0.15) is 79.6 Å². The van der Waals surface area contributed by atoms with Crippen LogP contribution in [0.15, 0.2) is 12.2 Å². The quantitative estimate of drug-likeness (QED) is 0.328. The normalized spacial score (nSPS) is 34.3. The number of amides is 4. The van der Waals surface area contributed by atoms with Gasteiger partial charge in [0.25, 0.3) is 5.91 Å². The first-order chi connectivity index (χ1) is 19.6. The molecule has 4 aliphatic rings. The fourth-order valence-corrected chi connectivity index (χ4v) is 6.93. The van der Waals surface area contributed by atoms with E-state index in [1.54, 1.807) is 26.8 Å². The molecule has 42 heavy (non-hydrogen) atoms. The summed E-state index contributed by atoms with van der Waals surface area (Å²) in [6, 6.07) is -2.38. The van der Waals surface area contributed by atoms with Crippen LogP contribution in [0, 0.1) is 5.92 Å². The van der Waals surface area contributed by atoms with Gasteiger partial charge in [-0.2, -0.15) is 0 Å². The van der Waals surface area contributed by atoms with Gasteiger partial charge in [0.2, 0.25) is 21.8 Å². The molecule has 2 heterocycles. The predicted octanol–water partition coefficient (Wildman–Crippen LogP) is 0.859. The Morgan fingerprint density at radius 3 is 2.55 bits per heavy atom. The Hall–Kier alpha value is -2.71. The molecule has 0 radical (unpaired) electrons. The summed E-state index contributed by atoms with van der Waals surface area (Å²) < 4.78 is 38.9. The lowest BCUT2D eigenvalue weighted by Gasteiger charge is -2.34. The van der Waals surface area contributed by atoms with Crippen molar-refractivity contribution in [1.29, 1.82) is 0 Å². The van der Waals surface area contributed by atoms with Gasteiger partial charge >= 0.3 is 6.09 Å². The molecule has 4 amide bonds. The summed E-state index contributed by atoms with van der Waals surface area (Å²) in [6.07, 6.45) is 3.29. The van der Waals surface area contributed by atoms with Crippen molar-refractivity contribution in [3.63, 3.8) is 0 Å². The second-order valence-electron chi connectivity index (χ2n) is 12.9. The Kier molecular flexibility index (Phi) is 9.29. The van der Waals surface area contributed by atoms with Crippen molar-refractivity contribution in [3.05, 3.63) is 12.2 Å². The molecule has 0 aromatic carbocycles. The van der Waals surface area contributed by atoms with Gasteiger partial charge in [-0.25, -0.2) is 13.2 Å². The summed E-state index contributed by atoms with van der Waals surface area (Å²) in [6.45, 7) is 8.58. The number of carbonyl (C=O) groups excluding carboxylic acids is 4. The molecule has 2 saturated carbocycles. The number of aliphatic hydroxyl groups excluding tert-OH is 1. The van der Waals surface area contributed by atoms with Crippen LogP contribution >= 0.6 is 0 Å². The second kappa shape index (κ2) is 12.1. The van der Waals surface area contributed by atoms with Crippen LogP contribution in [-0.2, 0) is 33.9 Å². The van der Waals surface area contributed by atoms with Gasteiger partial charge in [-0.1, -0.05) is 19.1 Å². The van der Waals surface area contributed by atoms with E-state index < -0.39 is 80.4 Å². The molecule has 3 fully saturated rings. The number of allylic oxidation sites excluding steroid dienone is 1. The highest BCUT2D eigenvalue weighted by Crippen LogP contribution is 2.46. The highest BCUT2D eigenvalue weighted by atomic mass is 32.2. The number of hydrogen-bond donors (Lipinski definition) is 4. The number of aliphatic hydroxyl groups is 1. The van der Waals surface area contributed by atoms with Gasteiger partial charge in [0.1, 0.15) is 23.2 Å². The summed E-state index contributed by atoms with van der Waals surface area (Å²) in [4.78, 5) is 55.0. The maximum Gasteiger partial charge on any atom is 0.408 e. The van der Waals surface area contributed by atoms with Gasteiger partial charge in [0, 0.05) is 18.9 Å². The third kappa shape index (κ3) is 7.43. The zero-order chi connectivity index (χ0) is 31.0. The SMILES string of the molecule is CCC1OC(C)CCC=CC2CC2(C(=O)NS(=O)(=O)C2CC2)NC(=O)C2CC(O)CN2C(=O)C1NC(=O)OC(C)(C)C. The molecule has 14 heteroatoms. The standard InChI is InChI=1S/C28H44N4O9S/c1-6-21-22(29-26(37)41-27(3,4)5)24(35)32-15-18(33)13-20(32)23(34)30-28(25(36)31-42(38,39)19-11-12-19)14-17(28)10-8-7-9-16(2)40-21/h8,10,16-22,33H,6-7,9,11-15H2,1-5H3,(H,29,37)(H,30,34)(H,31,36). The van der Waals surface area contributed by atoms with Gasteiger partial charge in [-0.3, -0.25) is 19.1 Å². The van der Waals surface area contributed by atoms with Crippen LogP contribution in [0.5, 0.6) is 0 Å². The molecule has 0 spiro atoms.